The van der Waals surface area contributed by atoms with Crippen molar-refractivity contribution >= 4 is 22.8 Å². The number of amides is 2. The molecular weight excluding hydrogens is 614 g/mol. The maximum absolute atomic E-state index is 13.1. The summed E-state index contributed by atoms with van der Waals surface area (Å²) in [5.41, 5.74) is 8.40. The second-order valence-electron chi connectivity index (χ2n) is 12.7. The number of aliphatic hydroxyl groups is 1. The van der Waals surface area contributed by atoms with Crippen LogP contribution in [0.5, 0.6) is 0 Å². The number of ether oxygens (including phenoxy) is 2. The van der Waals surface area contributed by atoms with Gasteiger partial charge in [0.1, 0.15) is 0 Å². The Morgan fingerprint density at radius 3 is 2.06 bits per heavy atom. The van der Waals surface area contributed by atoms with E-state index in [9.17, 15) is 14.7 Å². The molecule has 8 rings (SSSR count). The maximum Gasteiger partial charge on any atom is 0.261 e. The number of hydrogen-bond acceptors (Lipinski definition) is 6. The van der Waals surface area contributed by atoms with Crippen molar-refractivity contribution in [3.05, 3.63) is 161 Å². The first kappa shape index (κ1) is 30.9. The van der Waals surface area contributed by atoms with E-state index in [0.29, 0.717) is 17.7 Å². The lowest BCUT2D eigenvalue weighted by molar-refractivity contribution is -0.276. The largest absolute Gasteiger partial charge is 0.392 e. The summed E-state index contributed by atoms with van der Waals surface area (Å²) in [6, 6.07) is 38.9. The smallest absolute Gasteiger partial charge is 0.261 e. The number of carbonyl (C=O) groups is 2. The van der Waals surface area contributed by atoms with E-state index in [2.05, 4.69) is 22.5 Å². The van der Waals surface area contributed by atoms with Crippen molar-refractivity contribution < 1.29 is 24.2 Å². The summed E-state index contributed by atoms with van der Waals surface area (Å²) < 4.78 is 15.6. The van der Waals surface area contributed by atoms with Crippen molar-refractivity contribution in [1.29, 1.82) is 0 Å². The van der Waals surface area contributed by atoms with Crippen LogP contribution in [0.4, 0.5) is 0 Å². The van der Waals surface area contributed by atoms with Gasteiger partial charge < -0.3 is 19.1 Å². The fourth-order valence-corrected chi connectivity index (χ4v) is 6.99. The van der Waals surface area contributed by atoms with Gasteiger partial charge in [-0.3, -0.25) is 14.5 Å². The van der Waals surface area contributed by atoms with Crippen LogP contribution in [-0.2, 0) is 29.2 Å². The molecule has 3 heterocycles. The van der Waals surface area contributed by atoms with Crippen molar-refractivity contribution in [3.63, 3.8) is 0 Å². The molecule has 0 radical (unpaired) electrons. The van der Waals surface area contributed by atoms with E-state index < -0.39 is 6.29 Å². The summed E-state index contributed by atoms with van der Waals surface area (Å²) in [6.07, 6.45) is 0.816. The van der Waals surface area contributed by atoms with Gasteiger partial charge >= 0.3 is 0 Å². The first-order chi connectivity index (χ1) is 24.0. The molecule has 0 aliphatic carbocycles. The lowest BCUT2D eigenvalue weighted by Gasteiger charge is -2.41. The van der Waals surface area contributed by atoms with Crippen LogP contribution in [-0.4, -0.2) is 37.5 Å². The average Bonchev–Trinajstić information content (AvgIpc) is 3.67. The van der Waals surface area contributed by atoms with Gasteiger partial charge in [-0.25, -0.2) is 4.98 Å². The molecule has 5 aromatic carbocycles. The summed E-state index contributed by atoms with van der Waals surface area (Å²) in [7, 11) is 0. The molecule has 1 aromatic heterocycles. The molecule has 0 bridgehead atoms. The fraction of sp³-hybridized carbons (Fsp3) is 0.195. The van der Waals surface area contributed by atoms with E-state index >= 15 is 0 Å². The zero-order chi connectivity index (χ0) is 33.5. The SMILES string of the molecule is C[C@H]1[C@@H](Cn2cnc3ccccc32)O[C@@H](c2ccc(-c3ccccc3CN3C(=O)c4ccccc4C3=O)cc2)O[C@H]1c1ccc(CO)cc1. The van der Waals surface area contributed by atoms with Crippen LogP contribution in [0, 0.1) is 5.92 Å². The molecule has 0 spiro atoms. The summed E-state index contributed by atoms with van der Waals surface area (Å²) in [5, 5.41) is 9.61. The minimum absolute atomic E-state index is 0.0167. The molecule has 4 atom stereocenters. The van der Waals surface area contributed by atoms with Crippen molar-refractivity contribution in [2.24, 2.45) is 5.92 Å². The van der Waals surface area contributed by atoms with Gasteiger partial charge in [-0.15, -0.1) is 0 Å². The van der Waals surface area contributed by atoms with Crippen molar-refractivity contribution in [3.8, 4) is 11.1 Å². The standard InChI is InChI=1S/C41H35N3O5/c1-26-37(23-43-25-42-35-12-6-7-13-36(35)43)48-41(49-38(26)29-16-14-27(24-45)15-17-29)30-20-18-28(19-21-30)32-9-3-2-8-31(32)22-44-39(46)33-10-4-5-11-34(33)40(44)47/h2-21,25-26,37-38,41,45H,22-24H2,1H3/t26-,37+,38+,41+/m0/s1. The lowest BCUT2D eigenvalue weighted by atomic mass is 9.90. The molecule has 49 heavy (non-hydrogen) atoms. The molecule has 244 valence electrons. The first-order valence-electron chi connectivity index (χ1n) is 16.5. The van der Waals surface area contributed by atoms with E-state index in [1.807, 2.05) is 97.3 Å². The Bertz CT molecular complexity index is 2120. The summed E-state index contributed by atoms with van der Waals surface area (Å²) >= 11 is 0. The second kappa shape index (κ2) is 12.9. The van der Waals surface area contributed by atoms with Gasteiger partial charge in [0.15, 0.2) is 6.29 Å². The molecule has 0 unspecified atom stereocenters. The molecule has 8 heteroatoms. The Balaban J connectivity index is 1.07. The zero-order valence-electron chi connectivity index (χ0n) is 27.0. The normalized spacial score (nSPS) is 20.6. The van der Waals surface area contributed by atoms with E-state index in [1.165, 1.54) is 4.90 Å². The number of fused-ring (bicyclic) bond motifs is 2. The third-order valence-electron chi connectivity index (χ3n) is 9.75. The number of imidazole rings is 1. The van der Waals surface area contributed by atoms with Crippen LogP contribution in [0.2, 0.25) is 0 Å². The monoisotopic (exact) mass is 649 g/mol. The van der Waals surface area contributed by atoms with Crippen LogP contribution in [0.15, 0.2) is 128 Å². The van der Waals surface area contributed by atoms with Crippen LogP contribution >= 0.6 is 0 Å². The van der Waals surface area contributed by atoms with E-state index in [0.717, 1.165) is 44.4 Å². The molecule has 2 aliphatic heterocycles. The number of carbonyl (C=O) groups excluding carboxylic acids is 2. The van der Waals surface area contributed by atoms with Gasteiger partial charge in [-0.1, -0.05) is 104 Å². The highest BCUT2D eigenvalue weighted by atomic mass is 16.7. The summed E-state index contributed by atoms with van der Waals surface area (Å²) in [6.45, 7) is 2.92. The molecule has 6 aromatic rings. The number of benzene rings is 5. The minimum atomic E-state index is -0.624. The fourth-order valence-electron chi connectivity index (χ4n) is 6.99. The second-order valence-corrected chi connectivity index (χ2v) is 12.7. The van der Waals surface area contributed by atoms with Crippen molar-refractivity contribution in [2.75, 3.05) is 0 Å². The van der Waals surface area contributed by atoms with E-state index in [4.69, 9.17) is 9.47 Å². The highest BCUT2D eigenvalue weighted by Crippen LogP contribution is 2.43. The first-order valence-corrected chi connectivity index (χ1v) is 16.5. The summed E-state index contributed by atoms with van der Waals surface area (Å²) in [5.74, 6) is -0.526. The Labute approximate surface area is 284 Å². The number of nitrogens with zero attached hydrogens (tertiary/aromatic N) is 3. The topological polar surface area (TPSA) is 93.9 Å². The van der Waals surface area contributed by atoms with E-state index in [-0.39, 0.29) is 43.1 Å². The van der Waals surface area contributed by atoms with Gasteiger partial charge in [0.25, 0.3) is 11.8 Å². The molecule has 0 saturated carbocycles. The molecule has 1 saturated heterocycles. The van der Waals surface area contributed by atoms with Crippen molar-refractivity contribution in [2.45, 2.75) is 45.1 Å². The third-order valence-corrected chi connectivity index (χ3v) is 9.75. The van der Waals surface area contributed by atoms with Crippen LogP contribution in [0.1, 0.15) is 62.3 Å². The third kappa shape index (κ3) is 5.74. The minimum Gasteiger partial charge on any atom is -0.392 e. The Kier molecular flexibility index (Phi) is 8.13. The molecular formula is C41H35N3O5. The quantitative estimate of drug-likeness (QED) is 0.172. The molecule has 2 aliphatic rings. The average molecular weight is 650 g/mol. The predicted octanol–water partition coefficient (Wildman–Crippen LogP) is 7.48. The van der Waals surface area contributed by atoms with Gasteiger partial charge in [0, 0.05) is 11.5 Å². The van der Waals surface area contributed by atoms with Gasteiger partial charge in [0.05, 0.1) is 60.4 Å². The highest BCUT2D eigenvalue weighted by Gasteiger charge is 2.39. The maximum atomic E-state index is 13.1. The highest BCUT2D eigenvalue weighted by molar-refractivity contribution is 6.21. The van der Waals surface area contributed by atoms with Crippen LogP contribution < -0.4 is 0 Å². The number of aromatic nitrogens is 2. The zero-order valence-corrected chi connectivity index (χ0v) is 27.0. The van der Waals surface area contributed by atoms with Gasteiger partial charge in [-0.05, 0) is 52.1 Å². The van der Waals surface area contributed by atoms with Gasteiger partial charge in [-0.2, -0.15) is 0 Å². The number of imide groups is 1. The number of aliphatic hydroxyl groups excluding tert-OH is 1. The number of rotatable bonds is 8. The van der Waals surface area contributed by atoms with Crippen LogP contribution in [0.3, 0.4) is 0 Å². The summed E-state index contributed by atoms with van der Waals surface area (Å²) in [4.78, 5) is 32.1. The molecule has 8 nitrogen and oxygen atoms in total. The molecule has 2 amide bonds. The van der Waals surface area contributed by atoms with Crippen LogP contribution in [0.25, 0.3) is 22.2 Å². The Hall–Kier alpha value is -5.41. The van der Waals surface area contributed by atoms with E-state index in [1.54, 1.807) is 24.3 Å². The lowest BCUT2D eigenvalue weighted by Crippen LogP contribution is -2.39. The Morgan fingerprint density at radius 2 is 1.35 bits per heavy atom. The number of para-hydroxylation sites is 2. The predicted molar refractivity (Wildman–Crippen MR) is 185 cm³/mol. The molecule has 1 N–H and O–H groups in total. The van der Waals surface area contributed by atoms with Gasteiger partial charge in [0.2, 0.25) is 0 Å². The Morgan fingerprint density at radius 1 is 0.714 bits per heavy atom. The number of hydrogen-bond donors (Lipinski definition) is 1. The molecule has 1 fully saturated rings. The van der Waals surface area contributed by atoms with Crippen molar-refractivity contribution in [1.82, 2.24) is 14.5 Å².